The fourth-order valence-corrected chi connectivity index (χ4v) is 3.84. The normalized spacial score (nSPS) is 21.3. The standard InChI is InChI=1S/C18H25N3/c19-14-10-11-17-16(12-14)20-18(13-8-9-13)21(17)15-6-4-2-1-3-5-7-15/h10-13,15H,1-9,19H2. The van der Waals surface area contributed by atoms with E-state index < -0.39 is 0 Å². The molecule has 2 saturated carbocycles. The Hall–Kier alpha value is -1.51. The van der Waals surface area contributed by atoms with E-state index in [1.807, 2.05) is 12.1 Å². The molecule has 1 aromatic heterocycles. The summed E-state index contributed by atoms with van der Waals surface area (Å²) in [6.07, 6.45) is 12.2. The van der Waals surface area contributed by atoms with Crippen molar-refractivity contribution in [2.24, 2.45) is 0 Å². The van der Waals surface area contributed by atoms with Crippen LogP contribution in [0.4, 0.5) is 5.69 Å². The Bertz CT molecular complexity index is 631. The molecule has 0 saturated heterocycles. The zero-order valence-electron chi connectivity index (χ0n) is 12.7. The number of aromatic nitrogens is 2. The topological polar surface area (TPSA) is 43.8 Å². The van der Waals surface area contributed by atoms with Gasteiger partial charge in [0.1, 0.15) is 5.82 Å². The zero-order chi connectivity index (χ0) is 14.2. The van der Waals surface area contributed by atoms with Gasteiger partial charge in [-0.3, -0.25) is 0 Å². The molecule has 4 rings (SSSR count). The van der Waals surface area contributed by atoms with E-state index in [0.29, 0.717) is 12.0 Å². The quantitative estimate of drug-likeness (QED) is 0.806. The van der Waals surface area contributed by atoms with Crippen molar-refractivity contribution in [1.82, 2.24) is 9.55 Å². The number of nitrogens with two attached hydrogens (primary N) is 1. The van der Waals surface area contributed by atoms with E-state index in [-0.39, 0.29) is 0 Å². The van der Waals surface area contributed by atoms with Crippen molar-refractivity contribution >= 4 is 16.7 Å². The van der Waals surface area contributed by atoms with Crippen LogP contribution >= 0.6 is 0 Å². The minimum atomic E-state index is 0.648. The number of nitrogens with zero attached hydrogens (tertiary/aromatic N) is 2. The van der Waals surface area contributed by atoms with Gasteiger partial charge in [-0.25, -0.2) is 4.98 Å². The van der Waals surface area contributed by atoms with Crippen LogP contribution in [0.3, 0.4) is 0 Å². The number of hydrogen-bond acceptors (Lipinski definition) is 2. The molecule has 0 amide bonds. The summed E-state index contributed by atoms with van der Waals surface area (Å²) in [4.78, 5) is 4.95. The lowest BCUT2D eigenvalue weighted by Gasteiger charge is -2.24. The van der Waals surface area contributed by atoms with E-state index in [4.69, 9.17) is 10.7 Å². The molecule has 0 atom stereocenters. The maximum atomic E-state index is 5.95. The van der Waals surface area contributed by atoms with Gasteiger partial charge in [0.2, 0.25) is 0 Å². The summed E-state index contributed by atoms with van der Waals surface area (Å²) < 4.78 is 2.58. The minimum Gasteiger partial charge on any atom is -0.399 e. The molecule has 2 N–H and O–H groups in total. The molecular formula is C18H25N3. The monoisotopic (exact) mass is 283 g/mol. The molecule has 0 aliphatic heterocycles. The summed E-state index contributed by atoms with van der Waals surface area (Å²) in [6, 6.07) is 6.90. The first kappa shape index (κ1) is 13.2. The first-order valence-electron chi connectivity index (χ1n) is 8.60. The van der Waals surface area contributed by atoms with Gasteiger partial charge in [0.25, 0.3) is 0 Å². The van der Waals surface area contributed by atoms with E-state index in [1.54, 1.807) is 0 Å². The molecule has 3 heteroatoms. The number of benzene rings is 1. The van der Waals surface area contributed by atoms with Crippen LogP contribution in [0.5, 0.6) is 0 Å². The number of anilines is 1. The number of hydrogen-bond donors (Lipinski definition) is 1. The fraction of sp³-hybridized carbons (Fsp3) is 0.611. The molecule has 2 fully saturated rings. The second-order valence-corrected chi connectivity index (χ2v) is 6.86. The summed E-state index contributed by atoms with van der Waals surface area (Å²) in [7, 11) is 0. The van der Waals surface area contributed by atoms with E-state index >= 15 is 0 Å². The van der Waals surface area contributed by atoms with Gasteiger partial charge in [-0.15, -0.1) is 0 Å². The highest BCUT2D eigenvalue weighted by molar-refractivity contribution is 5.80. The van der Waals surface area contributed by atoms with Crippen molar-refractivity contribution in [2.75, 3.05) is 5.73 Å². The van der Waals surface area contributed by atoms with Gasteiger partial charge in [-0.2, -0.15) is 0 Å². The van der Waals surface area contributed by atoms with Gasteiger partial charge in [0, 0.05) is 17.6 Å². The molecule has 0 radical (unpaired) electrons. The van der Waals surface area contributed by atoms with Crippen molar-refractivity contribution in [1.29, 1.82) is 0 Å². The Morgan fingerprint density at radius 3 is 2.38 bits per heavy atom. The minimum absolute atomic E-state index is 0.648. The fourth-order valence-electron chi connectivity index (χ4n) is 3.84. The number of nitrogen functional groups attached to an aromatic ring is 1. The van der Waals surface area contributed by atoms with Crippen molar-refractivity contribution in [3.05, 3.63) is 24.0 Å². The van der Waals surface area contributed by atoms with E-state index in [9.17, 15) is 0 Å². The van der Waals surface area contributed by atoms with Crippen molar-refractivity contribution < 1.29 is 0 Å². The highest BCUT2D eigenvalue weighted by atomic mass is 15.1. The summed E-state index contributed by atoms with van der Waals surface area (Å²) in [5.41, 5.74) is 9.17. The first-order chi connectivity index (χ1) is 10.3. The van der Waals surface area contributed by atoms with Gasteiger partial charge >= 0.3 is 0 Å². The molecule has 0 spiro atoms. The zero-order valence-corrected chi connectivity index (χ0v) is 12.7. The Kier molecular flexibility index (Phi) is 3.36. The Balaban J connectivity index is 1.78. The molecule has 2 aliphatic rings. The third-order valence-corrected chi connectivity index (χ3v) is 5.12. The number of rotatable bonds is 2. The Labute approximate surface area is 126 Å². The molecule has 2 aliphatic carbocycles. The van der Waals surface area contributed by atoms with Crippen molar-refractivity contribution in [2.45, 2.75) is 69.7 Å². The third-order valence-electron chi connectivity index (χ3n) is 5.12. The Morgan fingerprint density at radius 1 is 0.952 bits per heavy atom. The highest BCUT2D eigenvalue weighted by Crippen LogP contribution is 2.43. The summed E-state index contributed by atoms with van der Waals surface area (Å²) >= 11 is 0. The molecule has 1 heterocycles. The van der Waals surface area contributed by atoms with Crippen LogP contribution < -0.4 is 5.73 Å². The van der Waals surface area contributed by atoms with Crippen molar-refractivity contribution in [3.63, 3.8) is 0 Å². The van der Waals surface area contributed by atoms with Crippen LogP contribution in [-0.4, -0.2) is 9.55 Å². The van der Waals surface area contributed by atoms with Crippen LogP contribution in [0.15, 0.2) is 18.2 Å². The second-order valence-electron chi connectivity index (χ2n) is 6.86. The summed E-state index contributed by atoms with van der Waals surface area (Å²) in [5, 5.41) is 0. The SMILES string of the molecule is Nc1ccc2c(c1)nc(C1CC1)n2C1CCCCCCC1. The molecule has 112 valence electrons. The van der Waals surface area contributed by atoms with Crippen LogP contribution in [0.25, 0.3) is 11.0 Å². The lowest BCUT2D eigenvalue weighted by molar-refractivity contribution is 0.371. The molecular weight excluding hydrogens is 258 g/mol. The van der Waals surface area contributed by atoms with Crippen molar-refractivity contribution in [3.8, 4) is 0 Å². The molecule has 0 bridgehead atoms. The lowest BCUT2D eigenvalue weighted by Crippen LogP contribution is -2.13. The van der Waals surface area contributed by atoms with Crippen LogP contribution in [0.1, 0.15) is 75.6 Å². The van der Waals surface area contributed by atoms with Gasteiger partial charge in [-0.05, 0) is 43.9 Å². The maximum Gasteiger partial charge on any atom is 0.113 e. The predicted octanol–water partition coefficient (Wildman–Crippen LogP) is 4.78. The molecule has 1 aromatic carbocycles. The van der Waals surface area contributed by atoms with Crippen LogP contribution in [-0.2, 0) is 0 Å². The summed E-state index contributed by atoms with van der Waals surface area (Å²) in [6.45, 7) is 0. The highest BCUT2D eigenvalue weighted by Gasteiger charge is 2.31. The second kappa shape index (κ2) is 5.36. The molecule has 3 nitrogen and oxygen atoms in total. The average molecular weight is 283 g/mol. The van der Waals surface area contributed by atoms with E-state index in [2.05, 4.69) is 10.6 Å². The number of imidazole rings is 1. The molecule has 0 unspecified atom stereocenters. The van der Waals surface area contributed by atoms with Gasteiger partial charge in [-0.1, -0.05) is 32.1 Å². The van der Waals surface area contributed by atoms with Gasteiger partial charge in [0.05, 0.1) is 11.0 Å². The molecule has 2 aromatic rings. The van der Waals surface area contributed by atoms with E-state index in [0.717, 1.165) is 11.2 Å². The van der Waals surface area contributed by atoms with Crippen LogP contribution in [0.2, 0.25) is 0 Å². The smallest absolute Gasteiger partial charge is 0.113 e. The molecule has 21 heavy (non-hydrogen) atoms. The van der Waals surface area contributed by atoms with Gasteiger partial charge in [0.15, 0.2) is 0 Å². The largest absolute Gasteiger partial charge is 0.399 e. The number of fused-ring (bicyclic) bond motifs is 1. The lowest BCUT2D eigenvalue weighted by atomic mass is 9.96. The predicted molar refractivity (Wildman–Crippen MR) is 87.5 cm³/mol. The third kappa shape index (κ3) is 2.54. The summed E-state index contributed by atoms with van der Waals surface area (Å²) in [5.74, 6) is 2.03. The van der Waals surface area contributed by atoms with Crippen LogP contribution in [0, 0.1) is 0 Å². The Morgan fingerprint density at radius 2 is 1.67 bits per heavy atom. The maximum absolute atomic E-state index is 5.95. The van der Waals surface area contributed by atoms with E-state index in [1.165, 1.54) is 69.1 Å². The van der Waals surface area contributed by atoms with Gasteiger partial charge < -0.3 is 10.3 Å². The first-order valence-corrected chi connectivity index (χ1v) is 8.60. The average Bonchev–Trinajstić information content (AvgIpc) is 3.21.